The molecule has 0 heterocycles. The quantitative estimate of drug-likeness (QED) is 0.485. The van der Waals surface area contributed by atoms with Crippen molar-refractivity contribution in [1.29, 1.82) is 0 Å². The topological polar surface area (TPSA) is 20.2 Å². The van der Waals surface area contributed by atoms with Crippen LogP contribution in [0.5, 0.6) is 0 Å². The Hall–Kier alpha value is -0.0400. The molecule has 0 aromatic rings. The molecule has 0 aromatic carbocycles. The van der Waals surface area contributed by atoms with Gasteiger partial charge >= 0.3 is 0 Å². The van der Waals surface area contributed by atoms with Gasteiger partial charge in [0.2, 0.25) is 0 Å². The van der Waals surface area contributed by atoms with Gasteiger partial charge in [-0.2, -0.15) is 0 Å². The number of hydrogen-bond donors (Lipinski definition) is 1. The zero-order chi connectivity index (χ0) is 5.30. The van der Waals surface area contributed by atoms with E-state index in [0.717, 1.165) is 23.7 Å². The Labute approximate surface area is 48.7 Å². The molecule has 3 rings (SSSR count). The summed E-state index contributed by atoms with van der Waals surface area (Å²) in [4.78, 5) is 0. The fourth-order valence-corrected chi connectivity index (χ4v) is 2.78. The van der Waals surface area contributed by atoms with Crippen molar-refractivity contribution in [1.82, 2.24) is 0 Å². The van der Waals surface area contributed by atoms with Crippen LogP contribution in [0.15, 0.2) is 0 Å². The average molecular weight is 110 g/mol. The normalized spacial score (nSPS) is 73.9. The van der Waals surface area contributed by atoms with E-state index in [9.17, 15) is 0 Å². The number of hydrogen-bond acceptors (Lipinski definition) is 1. The largest absolute Gasteiger partial charge is 0.393 e. The summed E-state index contributed by atoms with van der Waals surface area (Å²) >= 11 is 0. The molecule has 1 heteroatoms. The summed E-state index contributed by atoms with van der Waals surface area (Å²) in [6.07, 6.45) is 2.98. The molecule has 8 heavy (non-hydrogen) atoms. The molecule has 0 aliphatic heterocycles. The van der Waals surface area contributed by atoms with Gasteiger partial charge < -0.3 is 5.11 Å². The Bertz CT molecular complexity index is 115. The minimum absolute atomic E-state index is 0.146. The van der Waals surface area contributed by atoms with Crippen LogP contribution in [-0.2, 0) is 0 Å². The Morgan fingerprint density at radius 2 is 1.50 bits per heavy atom. The molecule has 0 amide bonds. The zero-order valence-electron chi connectivity index (χ0n) is 4.75. The lowest BCUT2D eigenvalue weighted by molar-refractivity contribution is 0.0372. The van der Waals surface area contributed by atoms with Gasteiger partial charge in [0.25, 0.3) is 0 Å². The number of fused-ring (bicyclic) bond motifs is 4. The Balaban J connectivity index is 1.91. The molecule has 3 saturated carbocycles. The van der Waals surface area contributed by atoms with Crippen LogP contribution < -0.4 is 0 Å². The smallest absolute Gasteiger partial charge is 0.0609 e. The van der Waals surface area contributed by atoms with Gasteiger partial charge in [0.1, 0.15) is 0 Å². The summed E-state index contributed by atoms with van der Waals surface area (Å²) in [6.45, 7) is 0. The van der Waals surface area contributed by atoms with Gasteiger partial charge in [-0.1, -0.05) is 0 Å². The van der Waals surface area contributed by atoms with Gasteiger partial charge in [0.15, 0.2) is 0 Å². The number of aliphatic hydroxyl groups is 1. The highest BCUT2D eigenvalue weighted by atomic mass is 16.3. The molecule has 4 unspecified atom stereocenters. The third-order valence-corrected chi connectivity index (χ3v) is 3.46. The lowest BCUT2D eigenvalue weighted by atomic mass is 9.60. The Morgan fingerprint density at radius 3 is 1.75 bits per heavy atom. The second-order valence-corrected chi connectivity index (χ2v) is 3.55. The molecule has 0 radical (unpaired) electrons. The van der Waals surface area contributed by atoms with E-state index >= 15 is 0 Å². The third-order valence-electron chi connectivity index (χ3n) is 3.46. The van der Waals surface area contributed by atoms with Crippen LogP contribution in [0, 0.1) is 23.7 Å². The Morgan fingerprint density at radius 1 is 1.00 bits per heavy atom. The second-order valence-electron chi connectivity index (χ2n) is 3.55. The van der Waals surface area contributed by atoms with Crippen molar-refractivity contribution < 1.29 is 5.11 Å². The monoisotopic (exact) mass is 110 g/mol. The Kier molecular flexibility index (Phi) is 0.418. The first-order valence-corrected chi connectivity index (χ1v) is 3.57. The molecule has 1 N–H and O–H groups in total. The molecule has 0 saturated heterocycles. The number of rotatable bonds is 0. The van der Waals surface area contributed by atoms with E-state index in [1.165, 1.54) is 12.8 Å². The van der Waals surface area contributed by atoms with E-state index in [0.29, 0.717) is 0 Å². The molecular weight excluding hydrogens is 100 g/mol. The van der Waals surface area contributed by atoms with E-state index in [1.807, 2.05) is 0 Å². The molecule has 4 atom stereocenters. The highest BCUT2D eigenvalue weighted by Crippen LogP contribution is 2.71. The summed E-state index contributed by atoms with van der Waals surface area (Å²) in [5, 5.41) is 9.15. The van der Waals surface area contributed by atoms with Crippen LogP contribution in [0.3, 0.4) is 0 Å². The van der Waals surface area contributed by atoms with Crippen LogP contribution >= 0.6 is 0 Å². The number of aliphatic hydroxyl groups excluding tert-OH is 1. The van der Waals surface area contributed by atoms with Gasteiger partial charge in [-0.15, -0.1) is 0 Å². The van der Waals surface area contributed by atoms with Crippen molar-refractivity contribution in [2.75, 3.05) is 0 Å². The predicted octanol–water partition coefficient (Wildman–Crippen LogP) is 0.633. The zero-order valence-corrected chi connectivity index (χ0v) is 4.75. The molecule has 3 aliphatic carbocycles. The minimum atomic E-state index is 0.146. The minimum Gasteiger partial charge on any atom is -0.393 e. The van der Waals surface area contributed by atoms with E-state index in [1.54, 1.807) is 0 Å². The van der Waals surface area contributed by atoms with Crippen LogP contribution in [0.2, 0.25) is 0 Å². The summed E-state index contributed by atoms with van der Waals surface area (Å²) in [7, 11) is 0. The molecule has 3 fully saturated rings. The van der Waals surface area contributed by atoms with E-state index in [4.69, 9.17) is 5.11 Å². The van der Waals surface area contributed by atoms with Crippen molar-refractivity contribution in [3.05, 3.63) is 0 Å². The summed E-state index contributed by atoms with van der Waals surface area (Å²) in [6, 6.07) is 0. The van der Waals surface area contributed by atoms with Crippen LogP contribution in [0.4, 0.5) is 0 Å². The highest BCUT2D eigenvalue weighted by molar-refractivity contribution is 5.19. The van der Waals surface area contributed by atoms with Crippen molar-refractivity contribution >= 4 is 0 Å². The SMILES string of the molecule is OC1C2C3CCC3C12. The molecule has 0 spiro atoms. The maximum atomic E-state index is 9.15. The fraction of sp³-hybridized carbons (Fsp3) is 1.00. The predicted molar refractivity (Wildman–Crippen MR) is 29.2 cm³/mol. The van der Waals surface area contributed by atoms with Gasteiger partial charge in [-0.3, -0.25) is 0 Å². The first-order chi connectivity index (χ1) is 3.89. The highest BCUT2D eigenvalue weighted by Gasteiger charge is 2.71. The van der Waals surface area contributed by atoms with Gasteiger partial charge in [-0.25, -0.2) is 0 Å². The standard InChI is InChI=1S/C7H10O/c8-7-5-3-1-2-4(3)6(5)7/h3-8H,1-2H2. The van der Waals surface area contributed by atoms with Gasteiger partial charge in [0.05, 0.1) is 6.10 Å². The van der Waals surface area contributed by atoms with Crippen LogP contribution in [0.25, 0.3) is 0 Å². The third kappa shape index (κ3) is 0.202. The second kappa shape index (κ2) is 0.860. The van der Waals surface area contributed by atoms with E-state index in [-0.39, 0.29) is 6.10 Å². The summed E-state index contributed by atoms with van der Waals surface area (Å²) in [5.74, 6) is 3.53. The van der Waals surface area contributed by atoms with E-state index < -0.39 is 0 Å². The van der Waals surface area contributed by atoms with Crippen molar-refractivity contribution in [3.8, 4) is 0 Å². The fourth-order valence-electron chi connectivity index (χ4n) is 2.78. The van der Waals surface area contributed by atoms with E-state index in [2.05, 4.69) is 0 Å². The van der Waals surface area contributed by atoms with Crippen molar-refractivity contribution in [3.63, 3.8) is 0 Å². The summed E-state index contributed by atoms with van der Waals surface area (Å²) in [5.41, 5.74) is 0. The average Bonchev–Trinajstić information content (AvgIpc) is 2.17. The first kappa shape index (κ1) is 3.89. The van der Waals surface area contributed by atoms with Crippen molar-refractivity contribution in [2.45, 2.75) is 18.9 Å². The lowest BCUT2D eigenvalue weighted by Crippen LogP contribution is -2.38. The van der Waals surface area contributed by atoms with Gasteiger partial charge in [-0.05, 0) is 36.5 Å². The molecular formula is C7H10O. The van der Waals surface area contributed by atoms with Crippen LogP contribution in [-0.4, -0.2) is 11.2 Å². The van der Waals surface area contributed by atoms with Crippen LogP contribution in [0.1, 0.15) is 12.8 Å². The van der Waals surface area contributed by atoms with Gasteiger partial charge in [0, 0.05) is 0 Å². The molecule has 3 aliphatic rings. The molecule has 44 valence electrons. The lowest BCUT2D eigenvalue weighted by Gasteiger charge is -2.44. The maximum Gasteiger partial charge on any atom is 0.0609 e. The molecule has 0 aromatic heterocycles. The first-order valence-electron chi connectivity index (χ1n) is 3.57. The maximum absolute atomic E-state index is 9.15. The van der Waals surface area contributed by atoms with Crippen molar-refractivity contribution in [2.24, 2.45) is 23.7 Å². The molecule has 0 bridgehead atoms. The molecule has 1 nitrogen and oxygen atoms in total. The summed E-state index contributed by atoms with van der Waals surface area (Å²) < 4.78 is 0.